The summed E-state index contributed by atoms with van der Waals surface area (Å²) in [6.07, 6.45) is 0. The number of carbonyl (C=O) groups excluding carboxylic acids is 1. The molecule has 1 saturated heterocycles. The summed E-state index contributed by atoms with van der Waals surface area (Å²) in [6, 6.07) is 9.93. The van der Waals surface area contributed by atoms with E-state index in [9.17, 15) is 9.18 Å². The van der Waals surface area contributed by atoms with Crippen LogP contribution >= 0.6 is 0 Å². The molecule has 2 aromatic carbocycles. The van der Waals surface area contributed by atoms with Gasteiger partial charge < -0.3 is 19.1 Å². The standard InChI is InChI=1S/C23H29FN2O4/c1-17-4-6-19(24)15-20(17)23(27)26(9-8-25-10-12-30-13-11-25)16-18-5-7-21(28-2)22(14-18)29-3/h4-7,14-15H,8-13,16H2,1-3H3. The van der Waals surface area contributed by atoms with Crippen LogP contribution in [0.5, 0.6) is 11.5 Å². The number of hydrogen-bond acceptors (Lipinski definition) is 5. The first-order chi connectivity index (χ1) is 14.5. The van der Waals surface area contributed by atoms with E-state index in [1.54, 1.807) is 25.2 Å². The molecule has 6 nitrogen and oxygen atoms in total. The van der Waals surface area contributed by atoms with Crippen molar-refractivity contribution in [1.29, 1.82) is 0 Å². The van der Waals surface area contributed by atoms with Gasteiger partial charge in [-0.05, 0) is 42.3 Å². The zero-order valence-corrected chi connectivity index (χ0v) is 17.8. The van der Waals surface area contributed by atoms with Gasteiger partial charge in [0.2, 0.25) is 0 Å². The van der Waals surface area contributed by atoms with Gasteiger partial charge in [-0.15, -0.1) is 0 Å². The Kier molecular flexibility index (Phi) is 7.65. The maximum absolute atomic E-state index is 13.8. The molecule has 0 spiro atoms. The highest BCUT2D eigenvalue weighted by Crippen LogP contribution is 2.28. The van der Waals surface area contributed by atoms with E-state index in [0.717, 1.165) is 30.8 Å². The normalized spacial score (nSPS) is 14.4. The molecule has 1 heterocycles. The molecule has 3 rings (SSSR count). The second-order valence-electron chi connectivity index (χ2n) is 7.33. The Hall–Kier alpha value is -2.64. The number of hydrogen-bond donors (Lipinski definition) is 0. The van der Waals surface area contributed by atoms with Gasteiger partial charge in [0.25, 0.3) is 5.91 Å². The molecule has 7 heteroatoms. The lowest BCUT2D eigenvalue weighted by Gasteiger charge is -2.30. The van der Waals surface area contributed by atoms with Gasteiger partial charge in [0.15, 0.2) is 11.5 Å². The van der Waals surface area contributed by atoms with Crippen molar-refractivity contribution >= 4 is 5.91 Å². The molecule has 0 N–H and O–H groups in total. The van der Waals surface area contributed by atoms with Crippen molar-refractivity contribution < 1.29 is 23.4 Å². The Morgan fingerprint density at radius 1 is 1.10 bits per heavy atom. The maximum atomic E-state index is 13.8. The van der Waals surface area contributed by atoms with Crippen LogP contribution in [0.4, 0.5) is 4.39 Å². The van der Waals surface area contributed by atoms with Crippen LogP contribution in [0.1, 0.15) is 21.5 Å². The van der Waals surface area contributed by atoms with Crippen LogP contribution in [0.3, 0.4) is 0 Å². The predicted octanol–water partition coefficient (Wildman–Crippen LogP) is 3.13. The average molecular weight is 416 g/mol. The van der Waals surface area contributed by atoms with Crippen LogP contribution in [-0.4, -0.2) is 69.3 Å². The van der Waals surface area contributed by atoms with Crippen LogP contribution in [0.15, 0.2) is 36.4 Å². The molecule has 1 fully saturated rings. The summed E-state index contributed by atoms with van der Waals surface area (Å²) < 4.78 is 29.9. The van der Waals surface area contributed by atoms with Crippen LogP contribution in [-0.2, 0) is 11.3 Å². The highest BCUT2D eigenvalue weighted by molar-refractivity contribution is 5.95. The number of aryl methyl sites for hydroxylation is 1. The topological polar surface area (TPSA) is 51.2 Å². The van der Waals surface area contributed by atoms with Crippen molar-refractivity contribution in [3.05, 3.63) is 58.9 Å². The third kappa shape index (κ3) is 5.49. The zero-order valence-electron chi connectivity index (χ0n) is 17.8. The third-order valence-corrected chi connectivity index (χ3v) is 5.33. The van der Waals surface area contributed by atoms with E-state index in [1.807, 2.05) is 25.1 Å². The number of nitrogens with zero attached hydrogens (tertiary/aromatic N) is 2. The van der Waals surface area contributed by atoms with E-state index in [0.29, 0.717) is 43.4 Å². The van der Waals surface area contributed by atoms with Crippen molar-refractivity contribution in [2.75, 3.05) is 53.6 Å². The van der Waals surface area contributed by atoms with Gasteiger partial charge in [0.05, 0.1) is 27.4 Å². The van der Waals surface area contributed by atoms with Crippen LogP contribution < -0.4 is 9.47 Å². The fraction of sp³-hybridized carbons (Fsp3) is 0.435. The number of carbonyl (C=O) groups is 1. The Morgan fingerprint density at radius 2 is 1.83 bits per heavy atom. The molecule has 162 valence electrons. The van der Waals surface area contributed by atoms with Gasteiger partial charge in [-0.3, -0.25) is 9.69 Å². The minimum absolute atomic E-state index is 0.185. The minimum Gasteiger partial charge on any atom is -0.493 e. The van der Waals surface area contributed by atoms with Crippen LogP contribution in [0, 0.1) is 12.7 Å². The fourth-order valence-corrected chi connectivity index (χ4v) is 3.53. The second kappa shape index (κ2) is 10.4. The molecule has 0 saturated carbocycles. The summed E-state index contributed by atoms with van der Waals surface area (Å²) in [7, 11) is 3.17. The van der Waals surface area contributed by atoms with Crippen molar-refractivity contribution in [3.63, 3.8) is 0 Å². The maximum Gasteiger partial charge on any atom is 0.254 e. The lowest BCUT2D eigenvalue weighted by Crippen LogP contribution is -2.43. The van der Waals surface area contributed by atoms with Gasteiger partial charge in [-0.25, -0.2) is 4.39 Å². The number of rotatable bonds is 8. The highest BCUT2D eigenvalue weighted by Gasteiger charge is 2.21. The average Bonchev–Trinajstić information content (AvgIpc) is 2.78. The summed E-state index contributed by atoms with van der Waals surface area (Å²) in [5, 5.41) is 0. The minimum atomic E-state index is -0.414. The highest BCUT2D eigenvalue weighted by atomic mass is 19.1. The molecular weight excluding hydrogens is 387 g/mol. The number of methoxy groups -OCH3 is 2. The molecule has 0 unspecified atom stereocenters. The van der Waals surface area contributed by atoms with Gasteiger partial charge >= 0.3 is 0 Å². The lowest BCUT2D eigenvalue weighted by atomic mass is 10.1. The zero-order chi connectivity index (χ0) is 21.5. The summed E-state index contributed by atoms with van der Waals surface area (Å²) in [5.74, 6) is 0.643. The second-order valence-corrected chi connectivity index (χ2v) is 7.33. The van der Waals surface area contributed by atoms with E-state index >= 15 is 0 Å². The Bertz CT molecular complexity index is 868. The van der Waals surface area contributed by atoms with Crippen LogP contribution in [0.2, 0.25) is 0 Å². The van der Waals surface area contributed by atoms with Crippen molar-refractivity contribution in [3.8, 4) is 11.5 Å². The molecule has 2 aromatic rings. The van der Waals surface area contributed by atoms with Crippen molar-refractivity contribution in [1.82, 2.24) is 9.80 Å². The molecule has 0 bridgehead atoms. The lowest BCUT2D eigenvalue weighted by molar-refractivity contribution is 0.0320. The Labute approximate surface area is 177 Å². The molecule has 0 aliphatic carbocycles. The quantitative estimate of drug-likeness (QED) is 0.662. The van der Waals surface area contributed by atoms with Gasteiger partial charge in [-0.1, -0.05) is 12.1 Å². The monoisotopic (exact) mass is 416 g/mol. The predicted molar refractivity (Wildman–Crippen MR) is 113 cm³/mol. The number of halogens is 1. The first kappa shape index (κ1) is 22.1. The first-order valence-corrected chi connectivity index (χ1v) is 10.1. The van der Waals surface area contributed by atoms with Gasteiger partial charge in [-0.2, -0.15) is 0 Å². The molecule has 0 atom stereocenters. The summed E-state index contributed by atoms with van der Waals surface area (Å²) in [5.41, 5.74) is 2.06. The van der Waals surface area contributed by atoms with E-state index in [4.69, 9.17) is 14.2 Å². The Balaban J connectivity index is 1.82. The smallest absolute Gasteiger partial charge is 0.254 e. The molecule has 0 radical (unpaired) electrons. The van der Waals surface area contributed by atoms with Gasteiger partial charge in [0, 0.05) is 38.3 Å². The largest absolute Gasteiger partial charge is 0.493 e. The molecule has 1 aliphatic rings. The third-order valence-electron chi connectivity index (χ3n) is 5.33. The van der Waals surface area contributed by atoms with E-state index in [-0.39, 0.29) is 5.91 Å². The number of morpholine rings is 1. The molecule has 0 aromatic heterocycles. The SMILES string of the molecule is COc1ccc(CN(CCN2CCOCC2)C(=O)c2cc(F)ccc2C)cc1OC. The first-order valence-electron chi connectivity index (χ1n) is 10.1. The molecular formula is C23H29FN2O4. The van der Waals surface area contributed by atoms with E-state index in [1.165, 1.54) is 12.1 Å². The number of benzene rings is 2. The van der Waals surface area contributed by atoms with Gasteiger partial charge in [0.1, 0.15) is 5.82 Å². The van der Waals surface area contributed by atoms with Crippen molar-refractivity contribution in [2.24, 2.45) is 0 Å². The summed E-state index contributed by atoms with van der Waals surface area (Å²) in [6.45, 7) is 6.57. The van der Waals surface area contributed by atoms with Crippen molar-refractivity contribution in [2.45, 2.75) is 13.5 Å². The number of ether oxygens (including phenoxy) is 3. The fourth-order valence-electron chi connectivity index (χ4n) is 3.53. The Morgan fingerprint density at radius 3 is 2.53 bits per heavy atom. The molecule has 1 amide bonds. The van der Waals surface area contributed by atoms with Crippen LogP contribution in [0.25, 0.3) is 0 Å². The van der Waals surface area contributed by atoms with E-state index in [2.05, 4.69) is 4.90 Å². The summed E-state index contributed by atoms with van der Waals surface area (Å²) in [4.78, 5) is 17.4. The molecule has 30 heavy (non-hydrogen) atoms. The van der Waals surface area contributed by atoms with E-state index < -0.39 is 5.82 Å². The summed E-state index contributed by atoms with van der Waals surface area (Å²) >= 11 is 0. The molecule has 1 aliphatic heterocycles. The number of amides is 1.